The maximum Gasteiger partial charge on any atom is 0.213 e. The molecule has 1 aromatic heterocycles. The van der Waals surface area contributed by atoms with Gasteiger partial charge in [-0.1, -0.05) is 6.07 Å². The lowest BCUT2D eigenvalue weighted by molar-refractivity contribution is 0.312. The van der Waals surface area contributed by atoms with Gasteiger partial charge in [0.1, 0.15) is 0 Å². The molecule has 1 aliphatic heterocycles. The minimum absolute atomic E-state index is 0.549. The van der Waals surface area contributed by atoms with Crippen molar-refractivity contribution < 1.29 is 4.74 Å². The zero-order valence-corrected chi connectivity index (χ0v) is 9.44. The Kier molecular flexibility index (Phi) is 3.21. The van der Waals surface area contributed by atoms with E-state index >= 15 is 0 Å². The zero-order valence-electron chi connectivity index (χ0n) is 9.44. The van der Waals surface area contributed by atoms with Crippen LogP contribution in [0.25, 0.3) is 0 Å². The van der Waals surface area contributed by atoms with Crippen molar-refractivity contribution in [2.24, 2.45) is 0 Å². The van der Waals surface area contributed by atoms with Crippen LogP contribution in [0, 0.1) is 0 Å². The van der Waals surface area contributed by atoms with Gasteiger partial charge in [-0.3, -0.25) is 4.90 Å². The standard InChI is InChI=1S/C12H18N2O/c1-3-15-12-7-6-10(9-13-12)11-5-4-8-14(11)2/h6-7,9,11H,3-5,8H2,1-2H3/t11-/m0/s1. The van der Waals surface area contributed by atoms with Crippen LogP contribution in [0.1, 0.15) is 31.4 Å². The van der Waals surface area contributed by atoms with E-state index in [1.165, 1.54) is 24.9 Å². The van der Waals surface area contributed by atoms with E-state index in [4.69, 9.17) is 4.74 Å². The van der Waals surface area contributed by atoms with E-state index in [-0.39, 0.29) is 0 Å². The van der Waals surface area contributed by atoms with Crippen molar-refractivity contribution >= 4 is 0 Å². The summed E-state index contributed by atoms with van der Waals surface area (Å²) in [5.41, 5.74) is 1.30. The zero-order chi connectivity index (χ0) is 10.7. The Hall–Kier alpha value is -1.09. The first-order chi connectivity index (χ1) is 7.31. The van der Waals surface area contributed by atoms with Crippen molar-refractivity contribution in [1.82, 2.24) is 9.88 Å². The highest BCUT2D eigenvalue weighted by Crippen LogP contribution is 2.30. The summed E-state index contributed by atoms with van der Waals surface area (Å²) < 4.78 is 5.33. The van der Waals surface area contributed by atoms with E-state index in [0.717, 1.165) is 5.88 Å². The van der Waals surface area contributed by atoms with Gasteiger partial charge in [0.25, 0.3) is 0 Å². The first-order valence-electron chi connectivity index (χ1n) is 5.60. The summed E-state index contributed by atoms with van der Waals surface area (Å²) in [6.45, 7) is 3.84. The fourth-order valence-corrected chi connectivity index (χ4v) is 2.15. The molecule has 1 aliphatic rings. The Bertz CT molecular complexity index is 310. The summed E-state index contributed by atoms with van der Waals surface area (Å²) in [5.74, 6) is 0.724. The van der Waals surface area contributed by atoms with Crippen molar-refractivity contribution in [3.8, 4) is 5.88 Å². The summed E-state index contributed by atoms with van der Waals surface area (Å²) in [4.78, 5) is 6.68. The predicted octanol–water partition coefficient (Wildman–Crippen LogP) is 2.25. The molecule has 2 heterocycles. The third kappa shape index (κ3) is 2.29. The van der Waals surface area contributed by atoms with Gasteiger partial charge in [0, 0.05) is 18.3 Å². The molecule has 15 heavy (non-hydrogen) atoms. The Labute approximate surface area is 91.1 Å². The van der Waals surface area contributed by atoms with E-state index in [1.54, 1.807) is 0 Å². The molecule has 0 unspecified atom stereocenters. The van der Waals surface area contributed by atoms with Crippen LogP contribution in [-0.2, 0) is 0 Å². The van der Waals surface area contributed by atoms with E-state index in [0.29, 0.717) is 12.6 Å². The SMILES string of the molecule is CCOc1ccc([C@@H]2CCCN2C)cn1. The van der Waals surface area contributed by atoms with Crippen molar-refractivity contribution in [2.45, 2.75) is 25.8 Å². The Balaban J connectivity index is 2.09. The van der Waals surface area contributed by atoms with Gasteiger partial charge in [0.2, 0.25) is 5.88 Å². The Morgan fingerprint density at radius 1 is 1.53 bits per heavy atom. The monoisotopic (exact) mass is 206 g/mol. The minimum atomic E-state index is 0.549. The number of ether oxygens (including phenoxy) is 1. The van der Waals surface area contributed by atoms with E-state index in [9.17, 15) is 0 Å². The van der Waals surface area contributed by atoms with E-state index < -0.39 is 0 Å². The van der Waals surface area contributed by atoms with Crippen molar-refractivity contribution in [2.75, 3.05) is 20.2 Å². The molecule has 3 heteroatoms. The summed E-state index contributed by atoms with van der Waals surface area (Å²) >= 11 is 0. The highest BCUT2D eigenvalue weighted by atomic mass is 16.5. The molecule has 1 fully saturated rings. The first kappa shape index (κ1) is 10.4. The molecular formula is C12H18N2O. The van der Waals surface area contributed by atoms with Crippen LogP contribution in [0.2, 0.25) is 0 Å². The number of nitrogens with zero attached hydrogens (tertiary/aromatic N) is 2. The van der Waals surface area contributed by atoms with Crippen molar-refractivity contribution in [3.05, 3.63) is 23.9 Å². The van der Waals surface area contributed by atoms with Gasteiger partial charge in [-0.25, -0.2) is 4.98 Å². The Morgan fingerprint density at radius 2 is 2.40 bits per heavy atom. The summed E-state index contributed by atoms with van der Waals surface area (Å²) in [5, 5.41) is 0. The smallest absolute Gasteiger partial charge is 0.213 e. The fraction of sp³-hybridized carbons (Fsp3) is 0.583. The quantitative estimate of drug-likeness (QED) is 0.758. The average molecular weight is 206 g/mol. The fourth-order valence-electron chi connectivity index (χ4n) is 2.15. The normalized spacial score (nSPS) is 21.9. The third-order valence-electron chi connectivity index (χ3n) is 2.96. The summed E-state index contributed by atoms with van der Waals surface area (Å²) in [6.07, 6.45) is 4.47. The molecule has 0 bridgehead atoms. The molecule has 0 aliphatic carbocycles. The van der Waals surface area contributed by atoms with Gasteiger partial charge in [0.05, 0.1) is 6.61 Å². The van der Waals surface area contributed by atoms with Crippen LogP contribution >= 0.6 is 0 Å². The molecule has 0 saturated carbocycles. The molecule has 0 amide bonds. The van der Waals surface area contributed by atoms with Crippen LogP contribution in [0.3, 0.4) is 0 Å². The topological polar surface area (TPSA) is 25.4 Å². The van der Waals surface area contributed by atoms with Crippen molar-refractivity contribution in [3.63, 3.8) is 0 Å². The van der Waals surface area contributed by atoms with E-state index in [2.05, 4.69) is 23.0 Å². The van der Waals surface area contributed by atoms with Gasteiger partial charge >= 0.3 is 0 Å². The number of aromatic nitrogens is 1. The van der Waals surface area contributed by atoms with Crippen LogP contribution in [0.5, 0.6) is 5.88 Å². The largest absolute Gasteiger partial charge is 0.478 e. The summed E-state index contributed by atoms with van der Waals surface area (Å²) in [6, 6.07) is 4.64. The molecule has 1 atom stereocenters. The van der Waals surface area contributed by atoms with Crippen LogP contribution in [-0.4, -0.2) is 30.1 Å². The molecule has 2 rings (SSSR count). The Morgan fingerprint density at radius 3 is 2.93 bits per heavy atom. The van der Waals surface area contributed by atoms with E-state index in [1.807, 2.05) is 19.2 Å². The van der Waals surface area contributed by atoms with Gasteiger partial charge in [0.15, 0.2) is 0 Å². The molecule has 0 radical (unpaired) electrons. The van der Waals surface area contributed by atoms with Gasteiger partial charge in [-0.05, 0) is 38.9 Å². The highest BCUT2D eigenvalue weighted by Gasteiger charge is 2.22. The van der Waals surface area contributed by atoms with Gasteiger partial charge < -0.3 is 4.74 Å². The molecule has 82 valence electrons. The lowest BCUT2D eigenvalue weighted by Crippen LogP contribution is -2.17. The third-order valence-corrected chi connectivity index (χ3v) is 2.96. The lowest BCUT2D eigenvalue weighted by atomic mass is 10.1. The maximum atomic E-state index is 5.33. The lowest BCUT2D eigenvalue weighted by Gasteiger charge is -2.19. The molecule has 1 saturated heterocycles. The molecule has 1 aromatic rings. The second kappa shape index (κ2) is 4.62. The number of rotatable bonds is 3. The number of pyridine rings is 1. The number of hydrogen-bond donors (Lipinski definition) is 0. The predicted molar refractivity (Wildman–Crippen MR) is 60.0 cm³/mol. The molecular weight excluding hydrogens is 188 g/mol. The molecule has 0 N–H and O–H groups in total. The van der Waals surface area contributed by atoms with Gasteiger partial charge in [-0.15, -0.1) is 0 Å². The molecule has 0 spiro atoms. The number of hydrogen-bond acceptors (Lipinski definition) is 3. The second-order valence-electron chi connectivity index (χ2n) is 4.00. The van der Waals surface area contributed by atoms with Crippen molar-refractivity contribution in [1.29, 1.82) is 0 Å². The van der Waals surface area contributed by atoms with Crippen LogP contribution in [0.4, 0.5) is 0 Å². The summed E-state index contributed by atoms with van der Waals surface area (Å²) in [7, 11) is 2.17. The first-order valence-corrected chi connectivity index (χ1v) is 5.60. The van der Waals surface area contributed by atoms with Gasteiger partial charge in [-0.2, -0.15) is 0 Å². The van der Waals surface area contributed by atoms with Crippen LogP contribution < -0.4 is 4.74 Å². The van der Waals surface area contributed by atoms with Crippen LogP contribution in [0.15, 0.2) is 18.3 Å². The minimum Gasteiger partial charge on any atom is -0.478 e. The molecule has 3 nitrogen and oxygen atoms in total. The highest BCUT2D eigenvalue weighted by molar-refractivity contribution is 5.21. The maximum absolute atomic E-state index is 5.33. The second-order valence-corrected chi connectivity index (χ2v) is 4.00. The number of likely N-dealkylation sites (tertiary alicyclic amines) is 1. The molecule has 0 aromatic carbocycles. The average Bonchev–Trinajstić information content (AvgIpc) is 2.66.